The minimum atomic E-state index is -1.87. The molecule has 612 valence electrons. The molecule has 12 N–H and O–H groups in total. The standard InChI is InChI=1S/C75H124N16O18/c1-24-47-71(105)85(17)35-57(93)86(18)52(29-37(2)3)68(102)84-59(41(10)11)74(108)87(19)53(30-38(4)5)67(101)77-44(15)64(98)78-45(16)70(104)88(20)54(31-39(6)7)72(106)89(21)55(32-40(8)9)73(107)90(22)60(42(12)13)75(109)91(23)61(69(103)81-47)62(96)43(14)33-56-79-48-26-25-46(34-50(48)80-56)65(99)83-51(36-92)66(100)82-49(63(76)97)27-28-58(94)95/h25-26,34,37-45,47,49,51-55,59-62,92,96H,24,27-33,35-36H2,1-23H3,(H2,76,97)(H,77,101)(H,78,98)(H,79,80)(H,81,103)(H,82,100)(H,83,99)(H,84,102)(H,94,95)/t43-,44+,45-,47+,49+,51+,52+,53+,54+,55+,59+,60+,61+,62-/m1/s1. The molecule has 0 radical (unpaired) electrons. The molecular weight excluding hydrogens is 1410 g/mol. The highest BCUT2D eigenvalue weighted by molar-refractivity contribution is 6.02. The van der Waals surface area contributed by atoms with Crippen molar-refractivity contribution < 1.29 is 87.2 Å². The Hall–Kier alpha value is -9.34. The van der Waals surface area contributed by atoms with Gasteiger partial charge in [-0.25, -0.2) is 4.98 Å². The first-order valence-corrected chi connectivity index (χ1v) is 37.5. The van der Waals surface area contributed by atoms with Crippen molar-refractivity contribution in [3.63, 3.8) is 0 Å². The van der Waals surface area contributed by atoms with Gasteiger partial charge in [-0.2, -0.15) is 0 Å². The lowest BCUT2D eigenvalue weighted by Gasteiger charge is -2.41. The van der Waals surface area contributed by atoms with Crippen LogP contribution in [-0.4, -0.2) is 289 Å². The molecule has 0 saturated carbocycles. The van der Waals surface area contributed by atoms with Gasteiger partial charge in [0.05, 0.1) is 30.3 Å². The molecule has 1 aromatic heterocycles. The Bertz CT molecular complexity index is 3560. The first kappa shape index (κ1) is 93.9. The van der Waals surface area contributed by atoms with Gasteiger partial charge in [0, 0.05) is 67.7 Å². The quantitative estimate of drug-likeness (QED) is 0.0675. The van der Waals surface area contributed by atoms with Crippen LogP contribution < -0.4 is 37.6 Å². The Labute approximate surface area is 640 Å². The summed E-state index contributed by atoms with van der Waals surface area (Å²) in [6.07, 6.45) is -2.61. The van der Waals surface area contributed by atoms with Crippen molar-refractivity contribution in [2.24, 2.45) is 47.2 Å². The zero-order valence-electron chi connectivity index (χ0n) is 68.0. The Balaban J connectivity index is 2.31. The number of carbonyl (C=O) groups excluding carboxylic acids is 14. The van der Waals surface area contributed by atoms with E-state index in [2.05, 4.69) is 41.9 Å². The summed E-state index contributed by atoms with van der Waals surface area (Å²) in [5.41, 5.74) is 5.89. The molecule has 3 rings (SSSR count). The number of fused-ring (bicyclic) bond motifs is 1. The second-order valence-electron chi connectivity index (χ2n) is 31.5. The maximum absolute atomic E-state index is 15.6. The highest BCUT2D eigenvalue weighted by atomic mass is 16.4. The van der Waals surface area contributed by atoms with Crippen molar-refractivity contribution in [3.05, 3.63) is 29.6 Å². The molecule has 34 heteroatoms. The fourth-order valence-electron chi connectivity index (χ4n) is 13.2. The van der Waals surface area contributed by atoms with Crippen molar-refractivity contribution in [1.29, 1.82) is 0 Å². The number of carbonyl (C=O) groups is 15. The number of aliphatic carboxylic acids is 1. The maximum atomic E-state index is 15.6. The fourth-order valence-corrected chi connectivity index (χ4v) is 13.2. The molecule has 1 aliphatic rings. The zero-order valence-corrected chi connectivity index (χ0v) is 68.0. The van der Waals surface area contributed by atoms with Gasteiger partial charge >= 0.3 is 5.97 Å². The number of amides is 14. The summed E-state index contributed by atoms with van der Waals surface area (Å²) in [5, 5.41) is 47.4. The Kier molecular flexibility index (Phi) is 36.2. The third-order valence-electron chi connectivity index (χ3n) is 19.8. The maximum Gasteiger partial charge on any atom is 0.303 e. The number of aliphatic hydroxyl groups is 2. The summed E-state index contributed by atoms with van der Waals surface area (Å²) in [7, 11) is 9.52. The number of primary amides is 1. The van der Waals surface area contributed by atoms with E-state index in [0.717, 1.165) is 14.7 Å². The van der Waals surface area contributed by atoms with Gasteiger partial charge in [0.2, 0.25) is 76.8 Å². The highest BCUT2D eigenvalue weighted by Crippen LogP contribution is 2.27. The topological polar surface area (TPSA) is 466 Å². The molecule has 1 fully saturated rings. The predicted molar refractivity (Wildman–Crippen MR) is 405 cm³/mol. The van der Waals surface area contributed by atoms with Crippen molar-refractivity contribution in [2.75, 3.05) is 62.5 Å². The van der Waals surface area contributed by atoms with Gasteiger partial charge in [-0.3, -0.25) is 71.9 Å². The summed E-state index contributed by atoms with van der Waals surface area (Å²) >= 11 is 0. The number of carboxylic acid groups (broad SMARTS) is 1. The van der Waals surface area contributed by atoms with Crippen LogP contribution >= 0.6 is 0 Å². The molecule has 2 heterocycles. The second-order valence-corrected chi connectivity index (χ2v) is 31.5. The van der Waals surface area contributed by atoms with E-state index in [-0.39, 0.29) is 85.5 Å². The average Bonchev–Trinajstić information content (AvgIpc) is 1.79. The monoisotopic (exact) mass is 1540 g/mol. The van der Waals surface area contributed by atoms with Crippen molar-refractivity contribution in [1.82, 2.24) is 76.2 Å². The number of H-pyrrole nitrogens is 1. The summed E-state index contributed by atoms with van der Waals surface area (Å²) < 4.78 is 0. The van der Waals surface area contributed by atoms with Crippen LogP contribution in [0.4, 0.5) is 0 Å². The molecule has 14 atom stereocenters. The zero-order chi connectivity index (χ0) is 83.4. The predicted octanol–water partition coefficient (Wildman–Crippen LogP) is 0.347. The first-order valence-electron chi connectivity index (χ1n) is 37.5. The molecule has 1 aromatic carbocycles. The lowest BCUT2D eigenvalue weighted by atomic mass is 9.91. The number of hydrogen-bond donors (Lipinski definition) is 11. The van der Waals surface area contributed by atoms with Crippen LogP contribution in [-0.2, 0) is 73.5 Å². The SMILES string of the molecule is CC[C@@H]1NC(=O)[C@H]([C@H](O)[C@H](C)Cc2nc3cc(C(=O)N[C@@H](CO)C(=O)N[C@@H](CCC(=O)O)C(N)=O)ccc3[nH]2)N(C)C(=O)[C@H](C(C)C)N(C)C(=O)[C@H](CC(C)C)N(C)C(=O)[C@H](CC(C)C)N(C)C(=O)[C@@H](C)NC(=O)[C@H](C)NC(=O)[C@H](CC(C)C)N(C)C(=O)[C@H](C(C)C)NC(=O)[C@H](CC(C)C)N(C)C(=O)CN(C)C1=O. The van der Waals surface area contributed by atoms with Gasteiger partial charge in [0.15, 0.2) is 0 Å². The molecule has 1 saturated heterocycles. The number of likely N-dealkylation sites (N-methyl/N-ethyl adjacent to an activating group) is 7. The lowest BCUT2D eigenvalue weighted by molar-refractivity contribution is -0.157. The molecule has 1 aliphatic heterocycles. The molecule has 2 aromatic rings. The number of benzene rings is 1. The number of nitrogens with two attached hydrogens (primary N) is 1. The number of aliphatic hydroxyl groups excluding tert-OH is 2. The Morgan fingerprint density at radius 1 is 0.560 bits per heavy atom. The van der Waals surface area contributed by atoms with Crippen molar-refractivity contribution >= 4 is 99.7 Å². The van der Waals surface area contributed by atoms with Crippen LogP contribution in [0.1, 0.15) is 172 Å². The van der Waals surface area contributed by atoms with Crippen LogP contribution in [0.25, 0.3) is 11.0 Å². The van der Waals surface area contributed by atoms with Gasteiger partial charge in [-0.05, 0) is 112 Å². The number of rotatable bonds is 24. The smallest absolute Gasteiger partial charge is 0.303 e. The lowest BCUT2D eigenvalue weighted by Crippen LogP contribution is -2.63. The summed E-state index contributed by atoms with van der Waals surface area (Å²) in [4.78, 5) is 229. The van der Waals surface area contributed by atoms with Gasteiger partial charge in [-0.15, -0.1) is 0 Å². The number of nitrogens with zero attached hydrogens (tertiary/aromatic N) is 8. The summed E-state index contributed by atoms with van der Waals surface area (Å²) in [6.45, 7) is 25.7. The van der Waals surface area contributed by atoms with E-state index in [1.165, 1.54) is 101 Å². The van der Waals surface area contributed by atoms with Crippen molar-refractivity contribution in [2.45, 2.75) is 241 Å². The van der Waals surface area contributed by atoms with Crippen LogP contribution in [0.15, 0.2) is 18.2 Å². The first-order chi connectivity index (χ1) is 50.5. The largest absolute Gasteiger partial charge is 0.481 e. The Morgan fingerprint density at radius 2 is 1.05 bits per heavy atom. The van der Waals surface area contributed by atoms with E-state index in [1.807, 2.05) is 55.4 Å². The second kappa shape index (κ2) is 42.0. The summed E-state index contributed by atoms with van der Waals surface area (Å²) in [6, 6.07) is -12.3. The van der Waals surface area contributed by atoms with E-state index in [4.69, 9.17) is 10.8 Å². The van der Waals surface area contributed by atoms with Gasteiger partial charge in [-0.1, -0.05) is 96.9 Å². The molecule has 34 nitrogen and oxygen atoms in total. The van der Waals surface area contributed by atoms with Crippen LogP contribution in [0.2, 0.25) is 0 Å². The number of aromatic amines is 1. The van der Waals surface area contributed by atoms with Crippen LogP contribution in [0.5, 0.6) is 0 Å². The van der Waals surface area contributed by atoms with Crippen LogP contribution in [0, 0.1) is 41.4 Å². The molecule has 0 aliphatic carbocycles. The van der Waals surface area contributed by atoms with Gasteiger partial charge < -0.3 is 92.2 Å². The minimum Gasteiger partial charge on any atom is -0.481 e. The molecule has 14 amide bonds. The van der Waals surface area contributed by atoms with E-state index >= 15 is 19.2 Å². The molecule has 0 unspecified atom stereocenters. The number of carboxylic acids is 1. The molecular formula is C75H124N16O18. The highest BCUT2D eigenvalue weighted by Gasteiger charge is 2.46. The van der Waals surface area contributed by atoms with E-state index in [1.54, 1.807) is 41.5 Å². The van der Waals surface area contributed by atoms with E-state index < -0.39 is 205 Å². The molecule has 109 heavy (non-hydrogen) atoms. The Morgan fingerprint density at radius 3 is 1.54 bits per heavy atom. The molecule has 0 bridgehead atoms. The summed E-state index contributed by atoms with van der Waals surface area (Å²) in [5.74, 6) is -15.5. The van der Waals surface area contributed by atoms with Gasteiger partial charge in [0.25, 0.3) is 5.91 Å². The number of imidazole rings is 1. The van der Waals surface area contributed by atoms with Crippen molar-refractivity contribution in [3.8, 4) is 0 Å². The third kappa shape index (κ3) is 25.9. The third-order valence-corrected chi connectivity index (χ3v) is 19.8. The van der Waals surface area contributed by atoms with Crippen LogP contribution in [0.3, 0.4) is 0 Å². The number of aromatic nitrogens is 2. The average molecular weight is 1540 g/mol. The van der Waals surface area contributed by atoms with E-state index in [0.29, 0.717) is 5.52 Å². The van der Waals surface area contributed by atoms with E-state index in [9.17, 15) is 63.0 Å². The molecule has 0 spiro atoms. The number of hydrogen-bond acceptors (Lipinski definition) is 18. The van der Waals surface area contributed by atoms with Gasteiger partial charge in [0.1, 0.15) is 78.3 Å². The minimum absolute atomic E-state index is 0.0495. The number of nitrogens with one attached hydrogen (secondary N) is 7. The fraction of sp³-hybridized carbons (Fsp3) is 0.707. The normalized spacial score (nSPS) is 24.0.